The maximum Gasteiger partial charge on any atom is 0.166 e. The summed E-state index contributed by atoms with van der Waals surface area (Å²) in [6.07, 6.45) is 3.69. The van der Waals surface area contributed by atoms with Crippen molar-refractivity contribution < 1.29 is 4.90 Å². The Bertz CT molecular complexity index is 407. The number of likely N-dealkylation sites (tertiary alicyclic amines) is 1. The lowest BCUT2D eigenvalue weighted by Crippen LogP contribution is -3.14. The van der Waals surface area contributed by atoms with Crippen molar-refractivity contribution in [3.8, 4) is 0 Å². The van der Waals surface area contributed by atoms with E-state index in [2.05, 4.69) is 41.8 Å². The number of likely N-dealkylation sites (N-methyl/N-ethyl adjacent to an activating group) is 1. The molecule has 3 nitrogen and oxygen atoms in total. The van der Waals surface area contributed by atoms with E-state index < -0.39 is 0 Å². The van der Waals surface area contributed by atoms with Crippen molar-refractivity contribution >= 4 is 17.3 Å². The van der Waals surface area contributed by atoms with Crippen molar-refractivity contribution in [2.75, 3.05) is 26.2 Å². The Hall–Kier alpha value is -1.13. The zero-order valence-electron chi connectivity index (χ0n) is 12.3. The van der Waals surface area contributed by atoms with E-state index in [9.17, 15) is 0 Å². The van der Waals surface area contributed by atoms with Gasteiger partial charge in [-0.25, -0.2) is 0 Å². The largest absolute Gasteiger partial charge is 0.362 e. The summed E-state index contributed by atoms with van der Waals surface area (Å²) in [6, 6.07) is 11.2. The van der Waals surface area contributed by atoms with Gasteiger partial charge >= 0.3 is 0 Å². The molecule has 0 amide bonds. The molecule has 0 aliphatic carbocycles. The molecule has 0 radical (unpaired) electrons. The van der Waals surface area contributed by atoms with Gasteiger partial charge in [0, 0.05) is 19.4 Å². The fraction of sp³-hybridized carbons (Fsp3) is 0.562. The van der Waals surface area contributed by atoms with Gasteiger partial charge in [0.15, 0.2) is 5.11 Å². The van der Waals surface area contributed by atoms with E-state index in [1.165, 1.54) is 31.5 Å². The van der Waals surface area contributed by atoms with Gasteiger partial charge in [-0.15, -0.1) is 0 Å². The molecule has 110 valence electrons. The molecule has 1 aromatic rings. The number of thiocarbonyl (C=S) groups is 1. The van der Waals surface area contributed by atoms with Crippen LogP contribution in [0.5, 0.6) is 0 Å². The van der Waals surface area contributed by atoms with E-state index in [0.29, 0.717) is 0 Å². The van der Waals surface area contributed by atoms with Gasteiger partial charge in [0.05, 0.1) is 19.6 Å². The monoisotopic (exact) mass is 292 g/mol. The predicted molar refractivity (Wildman–Crippen MR) is 88.1 cm³/mol. The Balaban J connectivity index is 1.61. The van der Waals surface area contributed by atoms with Gasteiger partial charge < -0.3 is 15.5 Å². The zero-order chi connectivity index (χ0) is 14.2. The lowest BCUT2D eigenvalue weighted by Gasteiger charge is -2.21. The zero-order valence-corrected chi connectivity index (χ0v) is 13.1. The first-order chi connectivity index (χ1) is 9.79. The van der Waals surface area contributed by atoms with E-state index >= 15 is 0 Å². The fourth-order valence-electron chi connectivity index (χ4n) is 2.94. The minimum Gasteiger partial charge on any atom is -0.362 e. The first kappa shape index (κ1) is 15.3. The van der Waals surface area contributed by atoms with Gasteiger partial charge in [-0.3, -0.25) is 0 Å². The van der Waals surface area contributed by atoms with Crippen LogP contribution in [0.1, 0.15) is 25.3 Å². The van der Waals surface area contributed by atoms with Crippen molar-refractivity contribution in [3.05, 3.63) is 35.9 Å². The van der Waals surface area contributed by atoms with Gasteiger partial charge in [-0.2, -0.15) is 0 Å². The molecule has 1 saturated heterocycles. The van der Waals surface area contributed by atoms with Crippen LogP contribution in [0.3, 0.4) is 0 Å². The van der Waals surface area contributed by atoms with Crippen molar-refractivity contribution in [2.24, 2.45) is 0 Å². The van der Waals surface area contributed by atoms with E-state index in [1.807, 2.05) is 6.07 Å². The molecule has 2 atom stereocenters. The maximum atomic E-state index is 5.35. The van der Waals surface area contributed by atoms with Crippen molar-refractivity contribution in [3.63, 3.8) is 0 Å². The molecule has 1 aliphatic rings. The average molecular weight is 292 g/mol. The second kappa shape index (κ2) is 8.22. The lowest BCUT2D eigenvalue weighted by atomic mass is 10.1. The molecule has 0 spiro atoms. The smallest absolute Gasteiger partial charge is 0.166 e. The van der Waals surface area contributed by atoms with E-state index in [1.54, 1.807) is 4.90 Å². The number of nitrogens with one attached hydrogen (secondary N) is 3. The lowest BCUT2D eigenvalue weighted by molar-refractivity contribution is -0.909. The van der Waals surface area contributed by atoms with Crippen LogP contribution in [0.25, 0.3) is 0 Å². The van der Waals surface area contributed by atoms with Gasteiger partial charge in [0.25, 0.3) is 0 Å². The maximum absolute atomic E-state index is 5.35. The van der Waals surface area contributed by atoms with Crippen LogP contribution in [-0.2, 0) is 6.42 Å². The summed E-state index contributed by atoms with van der Waals surface area (Å²) in [6.45, 7) is 6.70. The van der Waals surface area contributed by atoms with E-state index in [4.69, 9.17) is 12.2 Å². The molecule has 20 heavy (non-hydrogen) atoms. The van der Waals surface area contributed by atoms with Gasteiger partial charge in [0.1, 0.15) is 6.04 Å². The molecule has 0 aromatic heterocycles. The highest BCUT2D eigenvalue weighted by molar-refractivity contribution is 7.80. The minimum absolute atomic E-state index is 0.730. The number of hydrogen-bond acceptors (Lipinski definition) is 1. The highest BCUT2D eigenvalue weighted by Crippen LogP contribution is 1.99. The summed E-state index contributed by atoms with van der Waals surface area (Å²) in [5, 5.41) is 7.47. The molecule has 1 unspecified atom stereocenters. The number of rotatable bonds is 6. The van der Waals surface area contributed by atoms with Crippen LogP contribution in [0.15, 0.2) is 30.3 Å². The third kappa shape index (κ3) is 4.76. The molecule has 0 bridgehead atoms. The molecule has 4 heteroatoms. The summed E-state index contributed by atoms with van der Waals surface area (Å²) in [4.78, 5) is 1.71. The molecule has 1 aromatic carbocycles. The van der Waals surface area contributed by atoms with E-state index in [0.717, 1.165) is 30.7 Å². The van der Waals surface area contributed by atoms with Crippen LogP contribution in [0.2, 0.25) is 0 Å². The summed E-state index contributed by atoms with van der Waals surface area (Å²) in [7, 11) is 0. The first-order valence-electron chi connectivity index (χ1n) is 7.69. The van der Waals surface area contributed by atoms with Crippen LogP contribution >= 0.6 is 12.2 Å². The Kier molecular flexibility index (Phi) is 6.27. The molecule has 2 rings (SSSR count). The Labute approximate surface area is 127 Å². The molecular formula is C16H26N3S+. The third-order valence-electron chi connectivity index (χ3n) is 4.13. The van der Waals surface area contributed by atoms with Crippen LogP contribution in [-0.4, -0.2) is 37.3 Å². The number of hydrogen-bond donors (Lipinski definition) is 3. The molecule has 3 N–H and O–H groups in total. The van der Waals surface area contributed by atoms with Crippen molar-refractivity contribution in [1.29, 1.82) is 0 Å². The SMILES string of the molecule is CC[NH+]1CCC[C@@H]1CNC(=S)NCCc1ccccc1. The molecular weight excluding hydrogens is 266 g/mol. The van der Waals surface area contributed by atoms with E-state index in [-0.39, 0.29) is 0 Å². The summed E-state index contributed by atoms with van der Waals surface area (Å²) >= 11 is 5.35. The van der Waals surface area contributed by atoms with Crippen LogP contribution in [0, 0.1) is 0 Å². The van der Waals surface area contributed by atoms with Crippen LogP contribution in [0.4, 0.5) is 0 Å². The molecule has 1 aliphatic heterocycles. The second-order valence-corrected chi connectivity index (χ2v) is 5.88. The number of quaternary nitrogens is 1. The quantitative estimate of drug-likeness (QED) is 0.676. The van der Waals surface area contributed by atoms with Crippen LogP contribution < -0.4 is 15.5 Å². The molecule has 1 fully saturated rings. The fourth-order valence-corrected chi connectivity index (χ4v) is 3.12. The Morgan fingerprint density at radius 1 is 1.30 bits per heavy atom. The summed E-state index contributed by atoms with van der Waals surface area (Å²) in [5.74, 6) is 0. The topological polar surface area (TPSA) is 28.5 Å². The number of benzene rings is 1. The summed E-state index contributed by atoms with van der Waals surface area (Å²) < 4.78 is 0. The standard InChI is InChI=1S/C16H25N3S/c1-2-19-12-6-9-15(19)13-18-16(20)17-11-10-14-7-4-3-5-8-14/h3-5,7-8,15H,2,6,9-13H2,1H3,(H2,17,18,20)/p+1/t15-/m1/s1. The highest BCUT2D eigenvalue weighted by Gasteiger charge is 2.26. The van der Waals surface area contributed by atoms with Crippen molar-refractivity contribution in [1.82, 2.24) is 10.6 Å². The molecule has 1 heterocycles. The Morgan fingerprint density at radius 3 is 2.85 bits per heavy atom. The highest BCUT2D eigenvalue weighted by atomic mass is 32.1. The predicted octanol–water partition coefficient (Wildman–Crippen LogP) is 0.760. The second-order valence-electron chi connectivity index (χ2n) is 5.47. The minimum atomic E-state index is 0.730. The third-order valence-corrected chi connectivity index (χ3v) is 4.42. The average Bonchev–Trinajstić information content (AvgIpc) is 2.94. The van der Waals surface area contributed by atoms with Crippen molar-refractivity contribution in [2.45, 2.75) is 32.2 Å². The van der Waals surface area contributed by atoms with Gasteiger partial charge in [0.2, 0.25) is 0 Å². The first-order valence-corrected chi connectivity index (χ1v) is 8.10. The van der Waals surface area contributed by atoms with Gasteiger partial charge in [-0.1, -0.05) is 30.3 Å². The molecule has 0 saturated carbocycles. The Morgan fingerprint density at radius 2 is 2.10 bits per heavy atom. The summed E-state index contributed by atoms with van der Waals surface area (Å²) in [5.41, 5.74) is 1.35. The normalized spacial score (nSPS) is 21.6. The van der Waals surface area contributed by atoms with Gasteiger partial charge in [-0.05, 0) is 31.1 Å².